The Labute approximate surface area is 128 Å². The van der Waals surface area contributed by atoms with E-state index in [9.17, 15) is 9.36 Å². The SMILES string of the molecule is CCOP(=O)(OCC)[C@H]1C(=O)OC(C)(C)[C@@H]1CCC(C)C. The number of hydrogen-bond donors (Lipinski definition) is 0. The van der Waals surface area contributed by atoms with Crippen LogP contribution in [0.25, 0.3) is 0 Å². The molecule has 0 N–H and O–H groups in total. The molecule has 0 aromatic heterocycles. The van der Waals surface area contributed by atoms with Crippen molar-refractivity contribution in [1.29, 1.82) is 0 Å². The first-order chi connectivity index (χ1) is 9.68. The van der Waals surface area contributed by atoms with Crippen molar-refractivity contribution in [2.45, 2.75) is 65.6 Å². The minimum absolute atomic E-state index is 0.156. The predicted octanol–water partition coefficient (Wildman–Crippen LogP) is 4.01. The Balaban J connectivity index is 3.08. The minimum Gasteiger partial charge on any atom is -0.459 e. The van der Waals surface area contributed by atoms with Crippen molar-refractivity contribution in [3.63, 3.8) is 0 Å². The molecule has 0 aromatic carbocycles. The monoisotopic (exact) mass is 320 g/mol. The lowest BCUT2D eigenvalue weighted by molar-refractivity contribution is -0.146. The number of carbonyl (C=O) groups is 1. The Kier molecular flexibility index (Phi) is 6.45. The molecule has 1 aliphatic rings. The first-order valence-corrected chi connectivity index (χ1v) is 9.40. The van der Waals surface area contributed by atoms with Gasteiger partial charge in [0.1, 0.15) is 5.60 Å². The summed E-state index contributed by atoms with van der Waals surface area (Å²) >= 11 is 0. The van der Waals surface area contributed by atoms with Crippen molar-refractivity contribution in [3.05, 3.63) is 0 Å². The van der Waals surface area contributed by atoms with E-state index in [1.807, 2.05) is 13.8 Å². The predicted molar refractivity (Wildman–Crippen MR) is 82.4 cm³/mol. The van der Waals surface area contributed by atoms with Crippen LogP contribution in [0.3, 0.4) is 0 Å². The summed E-state index contributed by atoms with van der Waals surface area (Å²) in [4.78, 5) is 12.3. The van der Waals surface area contributed by atoms with Crippen LogP contribution in [0.15, 0.2) is 0 Å². The fraction of sp³-hybridized carbons (Fsp3) is 0.933. The van der Waals surface area contributed by atoms with Crippen molar-refractivity contribution in [1.82, 2.24) is 0 Å². The van der Waals surface area contributed by atoms with E-state index in [4.69, 9.17) is 13.8 Å². The largest absolute Gasteiger partial charge is 0.459 e. The van der Waals surface area contributed by atoms with E-state index in [1.165, 1.54) is 0 Å². The van der Waals surface area contributed by atoms with Crippen LogP contribution in [0.2, 0.25) is 0 Å². The Morgan fingerprint density at radius 1 is 1.24 bits per heavy atom. The molecule has 6 heteroatoms. The molecule has 0 aliphatic carbocycles. The van der Waals surface area contributed by atoms with Crippen LogP contribution in [-0.2, 0) is 23.1 Å². The molecule has 0 aromatic rings. The zero-order chi connectivity index (χ0) is 16.3. The summed E-state index contributed by atoms with van der Waals surface area (Å²) in [6, 6.07) is 0. The van der Waals surface area contributed by atoms with Crippen molar-refractivity contribution >= 4 is 13.6 Å². The molecule has 1 rings (SSSR count). The first kappa shape index (κ1) is 18.7. The molecular weight excluding hydrogens is 291 g/mol. The van der Waals surface area contributed by atoms with Gasteiger partial charge in [-0.2, -0.15) is 0 Å². The molecule has 5 nitrogen and oxygen atoms in total. The smallest absolute Gasteiger partial charge is 0.345 e. The molecule has 0 radical (unpaired) electrons. The van der Waals surface area contributed by atoms with E-state index < -0.39 is 24.8 Å². The minimum atomic E-state index is -3.49. The Bertz CT molecular complexity index is 395. The van der Waals surface area contributed by atoms with Crippen molar-refractivity contribution in [2.75, 3.05) is 13.2 Å². The van der Waals surface area contributed by atoms with Gasteiger partial charge in [-0.1, -0.05) is 20.3 Å². The van der Waals surface area contributed by atoms with E-state index in [-0.39, 0.29) is 19.1 Å². The fourth-order valence-electron chi connectivity index (χ4n) is 2.87. The van der Waals surface area contributed by atoms with Gasteiger partial charge in [0.25, 0.3) is 0 Å². The molecule has 0 bridgehead atoms. The van der Waals surface area contributed by atoms with Gasteiger partial charge in [0.2, 0.25) is 0 Å². The molecule has 0 spiro atoms. The van der Waals surface area contributed by atoms with Gasteiger partial charge in [0, 0.05) is 5.92 Å². The topological polar surface area (TPSA) is 61.8 Å². The molecule has 0 amide bonds. The van der Waals surface area contributed by atoms with Gasteiger partial charge in [-0.15, -0.1) is 0 Å². The fourth-order valence-corrected chi connectivity index (χ4v) is 5.24. The lowest BCUT2D eigenvalue weighted by atomic mass is 9.85. The van der Waals surface area contributed by atoms with Crippen LogP contribution < -0.4 is 0 Å². The Morgan fingerprint density at radius 2 is 1.76 bits per heavy atom. The molecule has 1 saturated heterocycles. The normalized spacial score (nSPS) is 25.4. The Morgan fingerprint density at radius 3 is 2.19 bits per heavy atom. The second-order valence-corrected chi connectivity index (χ2v) is 8.57. The van der Waals surface area contributed by atoms with Gasteiger partial charge in [0.15, 0.2) is 5.66 Å². The number of ether oxygens (including phenoxy) is 1. The zero-order valence-corrected chi connectivity index (χ0v) is 14.9. The van der Waals surface area contributed by atoms with Crippen LogP contribution in [0, 0.1) is 11.8 Å². The molecule has 1 heterocycles. The summed E-state index contributed by atoms with van der Waals surface area (Å²) in [7, 11) is -3.49. The van der Waals surface area contributed by atoms with Crippen LogP contribution in [0.5, 0.6) is 0 Å². The highest BCUT2D eigenvalue weighted by Gasteiger charge is 2.58. The van der Waals surface area contributed by atoms with E-state index in [0.717, 1.165) is 12.8 Å². The summed E-state index contributed by atoms with van der Waals surface area (Å²) < 4.78 is 29.3. The van der Waals surface area contributed by atoms with Crippen molar-refractivity contribution in [2.24, 2.45) is 11.8 Å². The van der Waals surface area contributed by atoms with Crippen LogP contribution in [-0.4, -0.2) is 30.4 Å². The van der Waals surface area contributed by atoms with Gasteiger partial charge in [-0.3, -0.25) is 9.36 Å². The first-order valence-electron chi connectivity index (χ1n) is 7.79. The quantitative estimate of drug-likeness (QED) is 0.499. The highest BCUT2D eigenvalue weighted by Crippen LogP contribution is 2.61. The molecule has 2 atom stereocenters. The average Bonchev–Trinajstić information content (AvgIpc) is 2.56. The van der Waals surface area contributed by atoms with Crippen LogP contribution in [0.4, 0.5) is 0 Å². The van der Waals surface area contributed by atoms with Crippen molar-refractivity contribution < 1.29 is 23.1 Å². The molecule has 124 valence electrons. The highest BCUT2D eigenvalue weighted by molar-refractivity contribution is 7.55. The van der Waals surface area contributed by atoms with Crippen molar-refractivity contribution in [3.8, 4) is 0 Å². The number of cyclic esters (lactones) is 1. The van der Waals surface area contributed by atoms with Gasteiger partial charge in [-0.05, 0) is 40.0 Å². The van der Waals surface area contributed by atoms with Crippen LogP contribution in [0.1, 0.15) is 54.4 Å². The van der Waals surface area contributed by atoms with E-state index in [2.05, 4.69) is 13.8 Å². The maximum atomic E-state index is 13.0. The maximum Gasteiger partial charge on any atom is 0.345 e. The third kappa shape index (κ3) is 4.30. The zero-order valence-electron chi connectivity index (χ0n) is 14.0. The number of hydrogen-bond acceptors (Lipinski definition) is 5. The Hall–Kier alpha value is -0.380. The number of esters is 1. The van der Waals surface area contributed by atoms with E-state index in [0.29, 0.717) is 5.92 Å². The third-order valence-corrected chi connectivity index (χ3v) is 6.38. The van der Waals surface area contributed by atoms with Gasteiger partial charge in [0.05, 0.1) is 13.2 Å². The number of rotatable bonds is 8. The summed E-state index contributed by atoms with van der Waals surface area (Å²) in [6.45, 7) is 12.0. The highest BCUT2D eigenvalue weighted by atomic mass is 31.2. The second-order valence-electron chi connectivity index (χ2n) is 6.42. The molecular formula is C15H29O5P. The molecule has 0 saturated carbocycles. The lowest BCUT2D eigenvalue weighted by Gasteiger charge is -2.30. The van der Waals surface area contributed by atoms with Gasteiger partial charge in [-0.25, -0.2) is 0 Å². The second kappa shape index (κ2) is 7.26. The standard InChI is InChI=1S/C15H29O5P/c1-7-18-21(17,19-8-2)13-12(10-9-11(3)4)15(5,6)20-14(13)16/h11-13H,7-10H2,1-6H3/t12-,13-/m1/s1. The summed E-state index contributed by atoms with van der Waals surface area (Å²) in [6.07, 6.45) is 1.71. The molecule has 1 aliphatic heterocycles. The van der Waals surface area contributed by atoms with Gasteiger partial charge < -0.3 is 13.8 Å². The molecule has 21 heavy (non-hydrogen) atoms. The van der Waals surface area contributed by atoms with E-state index in [1.54, 1.807) is 13.8 Å². The summed E-state index contributed by atoms with van der Waals surface area (Å²) in [5.74, 6) is -0.106. The summed E-state index contributed by atoms with van der Waals surface area (Å²) in [5, 5.41) is 0. The molecule has 0 unspecified atom stereocenters. The van der Waals surface area contributed by atoms with Crippen LogP contribution >= 0.6 is 7.60 Å². The van der Waals surface area contributed by atoms with Gasteiger partial charge >= 0.3 is 13.6 Å². The maximum absolute atomic E-state index is 13.0. The third-order valence-electron chi connectivity index (χ3n) is 3.89. The summed E-state index contributed by atoms with van der Waals surface area (Å²) in [5.41, 5.74) is -1.45. The van der Waals surface area contributed by atoms with E-state index >= 15 is 0 Å². The lowest BCUT2D eigenvalue weighted by Crippen LogP contribution is -2.33. The number of carbonyl (C=O) groups excluding carboxylic acids is 1. The average molecular weight is 320 g/mol. The molecule has 1 fully saturated rings.